The standard InChI is InChI=1S/C15H31N5O2S/c1-15(2,18-23(4,21)22)12-17-14(16-3)20-10-7-13(11-20)19-8-5-6-9-19/h13,18H,5-12H2,1-4H3,(H,16,17). The van der Waals surface area contributed by atoms with E-state index in [0.29, 0.717) is 12.6 Å². The number of hydrogen-bond acceptors (Lipinski definition) is 4. The fourth-order valence-corrected chi connectivity index (χ4v) is 4.59. The molecule has 0 bridgehead atoms. The first kappa shape index (κ1) is 18.5. The van der Waals surface area contributed by atoms with Gasteiger partial charge in [-0.25, -0.2) is 13.1 Å². The fourth-order valence-electron chi connectivity index (χ4n) is 3.51. The normalized spacial score (nSPS) is 24.4. The predicted molar refractivity (Wildman–Crippen MR) is 94.2 cm³/mol. The fraction of sp³-hybridized carbons (Fsp3) is 0.933. The first-order valence-corrected chi connectivity index (χ1v) is 10.3. The van der Waals surface area contributed by atoms with E-state index in [2.05, 4.69) is 24.8 Å². The number of sulfonamides is 1. The van der Waals surface area contributed by atoms with Gasteiger partial charge in [-0.3, -0.25) is 9.89 Å². The number of guanidine groups is 1. The highest BCUT2D eigenvalue weighted by atomic mass is 32.2. The summed E-state index contributed by atoms with van der Waals surface area (Å²) >= 11 is 0. The van der Waals surface area contributed by atoms with Gasteiger partial charge in [-0.2, -0.15) is 0 Å². The van der Waals surface area contributed by atoms with Gasteiger partial charge >= 0.3 is 0 Å². The molecule has 0 amide bonds. The van der Waals surface area contributed by atoms with Crippen LogP contribution in [0.3, 0.4) is 0 Å². The van der Waals surface area contributed by atoms with E-state index in [1.54, 1.807) is 7.05 Å². The van der Waals surface area contributed by atoms with Gasteiger partial charge in [0.1, 0.15) is 0 Å². The molecule has 0 aliphatic carbocycles. The van der Waals surface area contributed by atoms with Crippen LogP contribution in [0.2, 0.25) is 0 Å². The summed E-state index contributed by atoms with van der Waals surface area (Å²) < 4.78 is 25.5. The van der Waals surface area contributed by atoms with Crippen molar-refractivity contribution in [1.29, 1.82) is 0 Å². The van der Waals surface area contributed by atoms with Gasteiger partial charge in [0.25, 0.3) is 0 Å². The largest absolute Gasteiger partial charge is 0.354 e. The maximum atomic E-state index is 11.4. The van der Waals surface area contributed by atoms with Crippen LogP contribution in [0.4, 0.5) is 0 Å². The Kier molecular flexibility index (Phi) is 5.91. The Morgan fingerprint density at radius 2 is 1.91 bits per heavy atom. The minimum Gasteiger partial charge on any atom is -0.354 e. The van der Waals surface area contributed by atoms with Gasteiger partial charge in [0.2, 0.25) is 10.0 Å². The Balaban J connectivity index is 1.86. The summed E-state index contributed by atoms with van der Waals surface area (Å²) in [7, 11) is -1.45. The third-order valence-electron chi connectivity index (χ3n) is 4.48. The van der Waals surface area contributed by atoms with E-state index < -0.39 is 15.6 Å². The van der Waals surface area contributed by atoms with Crippen LogP contribution >= 0.6 is 0 Å². The van der Waals surface area contributed by atoms with Crippen LogP contribution in [0.25, 0.3) is 0 Å². The summed E-state index contributed by atoms with van der Waals surface area (Å²) in [5, 5.41) is 3.32. The van der Waals surface area contributed by atoms with E-state index >= 15 is 0 Å². The third kappa shape index (κ3) is 5.61. The lowest BCUT2D eigenvalue weighted by Gasteiger charge is -2.29. The molecule has 2 heterocycles. The summed E-state index contributed by atoms with van der Waals surface area (Å²) in [5.74, 6) is 0.857. The summed E-state index contributed by atoms with van der Waals surface area (Å²) in [5.41, 5.74) is -0.558. The number of hydrogen-bond donors (Lipinski definition) is 2. The molecule has 0 aromatic carbocycles. The van der Waals surface area contributed by atoms with Crippen molar-refractivity contribution in [2.45, 2.75) is 44.7 Å². The van der Waals surface area contributed by atoms with Gasteiger partial charge in [-0.15, -0.1) is 0 Å². The Labute approximate surface area is 140 Å². The summed E-state index contributed by atoms with van der Waals surface area (Å²) in [6.07, 6.45) is 4.99. The SMILES string of the molecule is CN=C(NCC(C)(C)NS(C)(=O)=O)N1CCC(N2CCCC2)C1. The lowest BCUT2D eigenvalue weighted by atomic mass is 10.1. The molecule has 2 saturated heterocycles. The van der Waals surface area contributed by atoms with E-state index in [1.807, 2.05) is 13.8 Å². The molecule has 2 rings (SSSR count). The Morgan fingerprint density at radius 1 is 1.26 bits per heavy atom. The third-order valence-corrected chi connectivity index (χ3v) is 5.41. The van der Waals surface area contributed by atoms with Crippen LogP contribution in [-0.4, -0.2) is 81.8 Å². The molecule has 8 heteroatoms. The topological polar surface area (TPSA) is 77.0 Å². The van der Waals surface area contributed by atoms with Gasteiger partial charge in [-0.1, -0.05) is 0 Å². The van der Waals surface area contributed by atoms with Gasteiger partial charge < -0.3 is 10.2 Å². The van der Waals surface area contributed by atoms with E-state index in [9.17, 15) is 8.42 Å². The lowest BCUT2D eigenvalue weighted by Crippen LogP contribution is -2.53. The second kappa shape index (κ2) is 7.36. The van der Waals surface area contributed by atoms with Crippen LogP contribution in [0.1, 0.15) is 33.1 Å². The van der Waals surface area contributed by atoms with Crippen molar-refractivity contribution >= 4 is 16.0 Å². The Hall–Kier alpha value is -0.860. The number of likely N-dealkylation sites (tertiary alicyclic amines) is 2. The molecule has 0 aromatic rings. The molecular formula is C15H31N5O2S. The first-order valence-electron chi connectivity index (χ1n) is 8.39. The minimum absolute atomic E-state index is 0.498. The molecule has 2 N–H and O–H groups in total. The van der Waals surface area contributed by atoms with E-state index in [-0.39, 0.29) is 0 Å². The molecule has 2 aliphatic rings. The first-order chi connectivity index (χ1) is 10.7. The van der Waals surface area contributed by atoms with Gasteiger partial charge in [-0.05, 0) is 46.2 Å². The van der Waals surface area contributed by atoms with Crippen molar-refractivity contribution < 1.29 is 8.42 Å². The quantitative estimate of drug-likeness (QED) is 0.544. The maximum Gasteiger partial charge on any atom is 0.209 e. The molecule has 2 aliphatic heterocycles. The summed E-state index contributed by atoms with van der Waals surface area (Å²) in [6, 6.07) is 0.623. The highest BCUT2D eigenvalue weighted by Crippen LogP contribution is 2.20. The molecule has 0 saturated carbocycles. The van der Waals surface area contributed by atoms with E-state index in [4.69, 9.17) is 0 Å². The number of rotatable bonds is 5. The molecule has 0 spiro atoms. The van der Waals surface area contributed by atoms with Crippen LogP contribution in [0.15, 0.2) is 4.99 Å². The number of nitrogens with one attached hydrogen (secondary N) is 2. The Bertz CT molecular complexity index is 526. The lowest BCUT2D eigenvalue weighted by molar-refractivity contribution is 0.249. The second-order valence-electron chi connectivity index (χ2n) is 7.29. The maximum absolute atomic E-state index is 11.4. The van der Waals surface area contributed by atoms with Crippen molar-refractivity contribution in [1.82, 2.24) is 19.8 Å². The summed E-state index contributed by atoms with van der Waals surface area (Å²) in [6.45, 7) is 8.67. The van der Waals surface area contributed by atoms with Crippen molar-refractivity contribution in [3.8, 4) is 0 Å². The zero-order chi connectivity index (χ0) is 17.1. The number of nitrogens with zero attached hydrogens (tertiary/aromatic N) is 3. The van der Waals surface area contributed by atoms with Gasteiger partial charge in [0, 0.05) is 38.3 Å². The summed E-state index contributed by atoms with van der Waals surface area (Å²) in [4.78, 5) is 9.23. The van der Waals surface area contributed by atoms with Gasteiger partial charge in [0.05, 0.1) is 6.26 Å². The highest BCUT2D eigenvalue weighted by Gasteiger charge is 2.31. The molecule has 23 heavy (non-hydrogen) atoms. The van der Waals surface area contributed by atoms with Gasteiger partial charge in [0.15, 0.2) is 5.96 Å². The minimum atomic E-state index is -3.23. The van der Waals surface area contributed by atoms with Crippen molar-refractivity contribution in [2.24, 2.45) is 4.99 Å². The molecule has 2 fully saturated rings. The zero-order valence-corrected chi connectivity index (χ0v) is 15.6. The van der Waals surface area contributed by atoms with E-state index in [1.165, 1.54) is 38.6 Å². The van der Waals surface area contributed by atoms with Crippen LogP contribution in [-0.2, 0) is 10.0 Å². The monoisotopic (exact) mass is 345 g/mol. The van der Waals surface area contributed by atoms with Crippen LogP contribution < -0.4 is 10.0 Å². The van der Waals surface area contributed by atoms with Crippen molar-refractivity contribution in [2.75, 3.05) is 46.0 Å². The average Bonchev–Trinajstić information content (AvgIpc) is 3.07. The smallest absolute Gasteiger partial charge is 0.209 e. The molecule has 1 atom stereocenters. The van der Waals surface area contributed by atoms with Crippen LogP contribution in [0.5, 0.6) is 0 Å². The predicted octanol–water partition coefficient (Wildman–Crippen LogP) is 0.0597. The van der Waals surface area contributed by atoms with Crippen molar-refractivity contribution in [3.63, 3.8) is 0 Å². The van der Waals surface area contributed by atoms with E-state index in [0.717, 1.165) is 19.0 Å². The Morgan fingerprint density at radius 3 is 2.48 bits per heavy atom. The second-order valence-corrected chi connectivity index (χ2v) is 9.04. The molecule has 7 nitrogen and oxygen atoms in total. The highest BCUT2D eigenvalue weighted by molar-refractivity contribution is 7.88. The molecular weight excluding hydrogens is 314 g/mol. The zero-order valence-electron chi connectivity index (χ0n) is 14.8. The molecule has 0 aromatic heterocycles. The number of aliphatic imine (C=N–C) groups is 1. The average molecular weight is 346 g/mol. The molecule has 1 unspecified atom stereocenters. The van der Waals surface area contributed by atoms with Crippen LogP contribution in [0, 0.1) is 0 Å². The van der Waals surface area contributed by atoms with Crippen molar-refractivity contribution in [3.05, 3.63) is 0 Å². The molecule has 0 radical (unpaired) electrons. The molecule has 134 valence electrons.